The Kier molecular flexibility index (Phi) is 6.71. The molecule has 2 rings (SSSR count). The van der Waals surface area contributed by atoms with Crippen LogP contribution in [0.3, 0.4) is 0 Å². The number of hydrogen-bond acceptors (Lipinski definition) is 3. The van der Waals surface area contributed by atoms with Gasteiger partial charge in [0.15, 0.2) is 0 Å². The van der Waals surface area contributed by atoms with Gasteiger partial charge < -0.3 is 5.32 Å². The Morgan fingerprint density at radius 3 is 2.56 bits per heavy atom. The molecule has 0 aromatic heterocycles. The third-order valence-corrected chi connectivity index (χ3v) is 3.94. The van der Waals surface area contributed by atoms with Gasteiger partial charge in [0, 0.05) is 23.6 Å². The zero-order valence-corrected chi connectivity index (χ0v) is 14.9. The van der Waals surface area contributed by atoms with Crippen LogP contribution in [0, 0.1) is 13.8 Å². The quantitative estimate of drug-likeness (QED) is 0.609. The number of anilines is 1. The fourth-order valence-electron chi connectivity index (χ4n) is 2.15. The van der Waals surface area contributed by atoms with Crippen molar-refractivity contribution in [3.8, 4) is 0 Å². The van der Waals surface area contributed by atoms with E-state index < -0.39 is 0 Å². The summed E-state index contributed by atoms with van der Waals surface area (Å²) in [6, 6.07) is 12.8. The fourth-order valence-corrected chi connectivity index (χ4v) is 2.35. The molecule has 2 amide bonds. The molecule has 2 N–H and O–H groups in total. The molecular formula is C19H20ClN3O2. The number of hydrazone groups is 1. The zero-order chi connectivity index (χ0) is 18.2. The van der Waals surface area contributed by atoms with E-state index in [0.717, 1.165) is 22.4 Å². The molecule has 0 unspecified atom stereocenters. The molecule has 0 atom stereocenters. The van der Waals surface area contributed by atoms with Crippen LogP contribution in [0.5, 0.6) is 0 Å². The highest BCUT2D eigenvalue weighted by atomic mass is 35.5. The first-order chi connectivity index (χ1) is 12.0. The molecule has 6 heteroatoms. The maximum absolute atomic E-state index is 12.0. The molecule has 0 radical (unpaired) electrons. The van der Waals surface area contributed by atoms with Gasteiger partial charge in [0.2, 0.25) is 11.8 Å². The van der Waals surface area contributed by atoms with Crippen LogP contribution in [0.15, 0.2) is 47.6 Å². The van der Waals surface area contributed by atoms with E-state index in [0.29, 0.717) is 5.02 Å². The monoisotopic (exact) mass is 357 g/mol. The average molecular weight is 358 g/mol. The van der Waals surface area contributed by atoms with Crippen molar-refractivity contribution >= 4 is 35.3 Å². The van der Waals surface area contributed by atoms with E-state index in [1.165, 1.54) is 6.21 Å². The number of hydrogen-bond donors (Lipinski definition) is 2. The third-order valence-electron chi connectivity index (χ3n) is 3.71. The summed E-state index contributed by atoms with van der Waals surface area (Å²) >= 11 is 5.86. The van der Waals surface area contributed by atoms with Crippen molar-refractivity contribution < 1.29 is 9.59 Å². The fraction of sp³-hybridized carbons (Fsp3) is 0.211. The SMILES string of the molecule is Cc1cccc(NC(=O)CCC(=O)NN=Cc2cccc(Cl)c2)c1C. The number of carbonyl (C=O) groups excluding carboxylic acids is 2. The van der Waals surface area contributed by atoms with Crippen LogP contribution in [-0.4, -0.2) is 18.0 Å². The Hall–Kier alpha value is -2.66. The number of nitrogens with one attached hydrogen (secondary N) is 2. The van der Waals surface area contributed by atoms with Crippen molar-refractivity contribution in [3.63, 3.8) is 0 Å². The molecule has 0 aliphatic carbocycles. The van der Waals surface area contributed by atoms with Crippen LogP contribution < -0.4 is 10.7 Å². The highest BCUT2D eigenvalue weighted by Crippen LogP contribution is 2.18. The number of nitrogens with zero attached hydrogens (tertiary/aromatic N) is 1. The van der Waals surface area contributed by atoms with Crippen molar-refractivity contribution in [2.75, 3.05) is 5.32 Å². The minimum Gasteiger partial charge on any atom is -0.326 e. The summed E-state index contributed by atoms with van der Waals surface area (Å²) < 4.78 is 0. The molecule has 130 valence electrons. The van der Waals surface area contributed by atoms with E-state index in [9.17, 15) is 9.59 Å². The molecule has 0 fully saturated rings. The van der Waals surface area contributed by atoms with Gasteiger partial charge in [-0.15, -0.1) is 0 Å². The molecule has 0 aliphatic rings. The molecule has 25 heavy (non-hydrogen) atoms. The van der Waals surface area contributed by atoms with Crippen LogP contribution in [-0.2, 0) is 9.59 Å². The van der Waals surface area contributed by atoms with Crippen molar-refractivity contribution in [1.29, 1.82) is 0 Å². The Morgan fingerprint density at radius 1 is 1.08 bits per heavy atom. The average Bonchev–Trinajstić information content (AvgIpc) is 2.57. The summed E-state index contributed by atoms with van der Waals surface area (Å²) in [6.45, 7) is 3.93. The van der Waals surface area contributed by atoms with Gasteiger partial charge in [0.05, 0.1) is 6.21 Å². The van der Waals surface area contributed by atoms with Gasteiger partial charge >= 0.3 is 0 Å². The number of carbonyl (C=O) groups is 2. The van der Waals surface area contributed by atoms with Crippen LogP contribution in [0.25, 0.3) is 0 Å². The lowest BCUT2D eigenvalue weighted by Crippen LogP contribution is -2.21. The van der Waals surface area contributed by atoms with Gasteiger partial charge in [-0.1, -0.05) is 35.9 Å². The van der Waals surface area contributed by atoms with Crippen molar-refractivity contribution in [2.24, 2.45) is 5.10 Å². The smallest absolute Gasteiger partial charge is 0.240 e. The number of aryl methyl sites for hydroxylation is 1. The van der Waals surface area contributed by atoms with Gasteiger partial charge in [0.25, 0.3) is 0 Å². The Labute approximate surface area is 152 Å². The summed E-state index contributed by atoms with van der Waals surface area (Å²) in [5.41, 5.74) is 6.07. The van der Waals surface area contributed by atoms with E-state index >= 15 is 0 Å². The lowest BCUT2D eigenvalue weighted by Gasteiger charge is -2.10. The molecule has 0 heterocycles. The van der Waals surface area contributed by atoms with Gasteiger partial charge in [0.1, 0.15) is 0 Å². The van der Waals surface area contributed by atoms with E-state index in [4.69, 9.17) is 11.6 Å². The molecular weight excluding hydrogens is 338 g/mol. The van der Waals surface area contributed by atoms with Gasteiger partial charge in [-0.05, 0) is 48.7 Å². The second-order valence-corrected chi connectivity index (χ2v) is 6.08. The molecule has 0 bridgehead atoms. The molecule has 0 aliphatic heterocycles. The van der Waals surface area contributed by atoms with Gasteiger partial charge in [-0.25, -0.2) is 5.43 Å². The normalized spacial score (nSPS) is 10.7. The Morgan fingerprint density at radius 2 is 1.80 bits per heavy atom. The molecule has 0 saturated heterocycles. The van der Waals surface area contributed by atoms with E-state index in [-0.39, 0.29) is 24.7 Å². The Bertz CT molecular complexity index is 803. The molecule has 2 aromatic rings. The van der Waals surface area contributed by atoms with Crippen molar-refractivity contribution in [1.82, 2.24) is 5.43 Å². The first kappa shape index (κ1) is 18.7. The Balaban J connectivity index is 1.77. The first-order valence-corrected chi connectivity index (χ1v) is 8.27. The number of rotatable bonds is 6. The number of benzene rings is 2. The minimum absolute atomic E-state index is 0.0591. The minimum atomic E-state index is -0.325. The zero-order valence-electron chi connectivity index (χ0n) is 14.2. The second kappa shape index (κ2) is 8.99. The van der Waals surface area contributed by atoms with Crippen LogP contribution >= 0.6 is 11.6 Å². The lowest BCUT2D eigenvalue weighted by atomic mass is 10.1. The van der Waals surface area contributed by atoms with Gasteiger partial charge in [-0.3, -0.25) is 9.59 Å². The van der Waals surface area contributed by atoms with Crippen LogP contribution in [0.1, 0.15) is 29.5 Å². The van der Waals surface area contributed by atoms with E-state index in [2.05, 4.69) is 15.8 Å². The molecule has 5 nitrogen and oxygen atoms in total. The standard InChI is InChI=1S/C19H20ClN3O2/c1-13-5-3-8-17(14(13)2)22-18(24)9-10-19(25)23-21-12-15-6-4-7-16(20)11-15/h3-8,11-12H,9-10H2,1-2H3,(H,22,24)(H,23,25). The summed E-state index contributed by atoms with van der Waals surface area (Å²) in [6.07, 6.45) is 1.65. The van der Waals surface area contributed by atoms with Crippen LogP contribution in [0.2, 0.25) is 5.02 Å². The largest absolute Gasteiger partial charge is 0.326 e. The maximum Gasteiger partial charge on any atom is 0.240 e. The van der Waals surface area contributed by atoms with Crippen LogP contribution in [0.4, 0.5) is 5.69 Å². The maximum atomic E-state index is 12.0. The first-order valence-electron chi connectivity index (χ1n) is 7.89. The van der Waals surface area contributed by atoms with E-state index in [1.54, 1.807) is 18.2 Å². The highest BCUT2D eigenvalue weighted by Gasteiger charge is 2.08. The predicted octanol–water partition coefficient (Wildman–Crippen LogP) is 3.83. The second-order valence-electron chi connectivity index (χ2n) is 5.64. The summed E-state index contributed by atoms with van der Waals surface area (Å²) in [5.74, 6) is -0.530. The molecule has 2 aromatic carbocycles. The third kappa shape index (κ3) is 6.04. The molecule has 0 saturated carbocycles. The molecule has 0 spiro atoms. The van der Waals surface area contributed by atoms with Gasteiger partial charge in [-0.2, -0.15) is 5.10 Å². The highest BCUT2D eigenvalue weighted by molar-refractivity contribution is 6.30. The van der Waals surface area contributed by atoms with Crippen molar-refractivity contribution in [2.45, 2.75) is 26.7 Å². The number of halogens is 1. The topological polar surface area (TPSA) is 70.6 Å². The summed E-state index contributed by atoms with van der Waals surface area (Å²) in [7, 11) is 0. The lowest BCUT2D eigenvalue weighted by molar-refractivity contribution is -0.124. The van der Waals surface area contributed by atoms with E-state index in [1.807, 2.05) is 38.1 Å². The summed E-state index contributed by atoms with van der Waals surface area (Å²) in [4.78, 5) is 23.7. The predicted molar refractivity (Wildman–Crippen MR) is 101 cm³/mol. The summed E-state index contributed by atoms with van der Waals surface area (Å²) in [5, 5.41) is 7.27. The van der Waals surface area contributed by atoms with Crippen molar-refractivity contribution in [3.05, 3.63) is 64.2 Å². The number of amides is 2.